The Morgan fingerprint density at radius 2 is 2.19 bits per heavy atom. The Balaban J connectivity index is 1.73. The largest absolute Gasteiger partial charge is 0.434 e. The lowest BCUT2D eigenvalue weighted by atomic mass is 10.1. The molecule has 4 rings (SSSR count). The van der Waals surface area contributed by atoms with Crippen LogP contribution in [0.2, 0.25) is 0 Å². The molecule has 0 radical (unpaired) electrons. The van der Waals surface area contributed by atoms with Crippen LogP contribution in [-0.4, -0.2) is 42.2 Å². The van der Waals surface area contributed by atoms with Crippen molar-refractivity contribution in [1.29, 1.82) is 0 Å². The van der Waals surface area contributed by atoms with Gasteiger partial charge in [0.25, 0.3) is 5.91 Å². The van der Waals surface area contributed by atoms with Gasteiger partial charge in [-0.1, -0.05) is 0 Å². The van der Waals surface area contributed by atoms with E-state index in [0.29, 0.717) is 16.9 Å². The molecule has 160 valence electrons. The molecule has 1 amide bonds. The van der Waals surface area contributed by atoms with Crippen molar-refractivity contribution in [2.24, 2.45) is 0 Å². The summed E-state index contributed by atoms with van der Waals surface area (Å²) in [5, 5.41) is 11.2. The lowest BCUT2D eigenvalue weighted by Gasteiger charge is -2.12. The van der Waals surface area contributed by atoms with Gasteiger partial charge in [-0.15, -0.1) is 0 Å². The van der Waals surface area contributed by atoms with Crippen LogP contribution in [0.3, 0.4) is 0 Å². The number of carbonyl (C=O) groups excluding carboxylic acids is 1. The smallest absolute Gasteiger partial charge is 0.387 e. The fraction of sp³-hybridized carbons (Fsp3) is 0.111. The van der Waals surface area contributed by atoms with Crippen molar-refractivity contribution < 1.29 is 18.3 Å². The summed E-state index contributed by atoms with van der Waals surface area (Å²) in [6.45, 7) is -3.01. The number of aromatic nitrogens is 5. The first kappa shape index (κ1) is 21.5. The van der Waals surface area contributed by atoms with Gasteiger partial charge in [0.2, 0.25) is 0 Å². The number of fused-ring (bicyclic) bond motifs is 1. The van der Waals surface area contributed by atoms with E-state index >= 15 is 0 Å². The van der Waals surface area contributed by atoms with Crippen molar-refractivity contribution in [2.75, 3.05) is 12.4 Å². The minimum Gasteiger partial charge on any atom is -0.434 e. The molecule has 0 aliphatic heterocycles. The quantitative estimate of drug-likeness (QED) is 0.263. The second kappa shape index (κ2) is 9.15. The Hall–Kier alpha value is -2.78. The van der Waals surface area contributed by atoms with Crippen molar-refractivity contribution in [3.63, 3.8) is 0 Å². The van der Waals surface area contributed by atoms with E-state index in [-0.39, 0.29) is 17.0 Å². The molecular weight excluding hydrogens is 543 g/mol. The van der Waals surface area contributed by atoms with E-state index in [2.05, 4.69) is 30.0 Å². The number of rotatable bonds is 7. The molecule has 0 bridgehead atoms. The third kappa shape index (κ3) is 4.62. The Bertz CT molecular complexity index is 1250. The summed E-state index contributed by atoms with van der Waals surface area (Å²) in [6.07, 6.45) is 6.20. The summed E-state index contributed by atoms with van der Waals surface area (Å²) in [6, 6.07) is 6.44. The number of nitrogens with zero attached hydrogens (tertiary/aromatic N) is 5. The molecule has 0 atom stereocenters. The predicted molar refractivity (Wildman–Crippen MR) is 120 cm³/mol. The highest BCUT2D eigenvalue weighted by atomic mass is 127. The van der Waals surface area contributed by atoms with Crippen LogP contribution in [0.1, 0.15) is 10.4 Å². The van der Waals surface area contributed by atoms with Gasteiger partial charge in [0, 0.05) is 22.9 Å². The zero-order chi connectivity index (χ0) is 22.0. The van der Waals surface area contributed by atoms with Gasteiger partial charge in [-0.05, 0) is 43.3 Å². The number of halogens is 3. The van der Waals surface area contributed by atoms with Gasteiger partial charge < -0.3 is 10.1 Å². The highest BCUT2D eigenvalue weighted by Gasteiger charge is 2.22. The van der Waals surface area contributed by atoms with Crippen molar-refractivity contribution >= 4 is 52.1 Å². The van der Waals surface area contributed by atoms with Crippen LogP contribution in [0.25, 0.3) is 16.9 Å². The molecule has 3 heterocycles. The van der Waals surface area contributed by atoms with E-state index in [1.54, 1.807) is 43.8 Å². The van der Waals surface area contributed by atoms with Gasteiger partial charge in [-0.3, -0.25) is 9.52 Å². The number of carbonyl (C=O) groups is 1. The molecule has 0 unspecified atom stereocenters. The minimum atomic E-state index is -3.01. The molecule has 0 fully saturated rings. The van der Waals surface area contributed by atoms with E-state index in [0.717, 1.165) is 4.90 Å². The molecule has 0 aliphatic carbocycles. The monoisotopic (exact) mass is 557 g/mol. The topological polar surface area (TPSA) is 98.4 Å². The van der Waals surface area contributed by atoms with Crippen LogP contribution in [-0.2, 0) is 0 Å². The first-order valence-corrected chi connectivity index (χ1v) is 10.5. The summed E-state index contributed by atoms with van der Waals surface area (Å²) in [5.74, 6) is -0.518. The molecule has 4 aromatic rings. The SMILES string of the molecule is CNSc1ccc(OC(F)F)c(-c2nn(I)cc2NC(=O)c2cnn3cccnc23)c1. The average molecular weight is 557 g/mol. The van der Waals surface area contributed by atoms with Gasteiger partial charge in [0.1, 0.15) is 17.0 Å². The lowest BCUT2D eigenvalue weighted by molar-refractivity contribution is -0.0494. The van der Waals surface area contributed by atoms with Crippen molar-refractivity contribution in [3.05, 3.63) is 54.6 Å². The maximum Gasteiger partial charge on any atom is 0.387 e. The molecule has 3 aromatic heterocycles. The third-order valence-electron chi connectivity index (χ3n) is 4.10. The summed E-state index contributed by atoms with van der Waals surface area (Å²) < 4.78 is 36.5. The number of hydrogen-bond acceptors (Lipinski definition) is 7. The van der Waals surface area contributed by atoms with Crippen LogP contribution in [0.15, 0.2) is 53.9 Å². The van der Waals surface area contributed by atoms with E-state index in [1.165, 1.54) is 31.6 Å². The maximum atomic E-state index is 13.0. The molecule has 1 aromatic carbocycles. The number of ether oxygens (including phenoxy) is 1. The predicted octanol–water partition coefficient (Wildman–Crippen LogP) is 3.87. The fourth-order valence-corrected chi connectivity index (χ4v) is 3.93. The highest BCUT2D eigenvalue weighted by Crippen LogP contribution is 2.38. The lowest BCUT2D eigenvalue weighted by Crippen LogP contribution is -2.12. The van der Waals surface area contributed by atoms with Crippen molar-refractivity contribution in [1.82, 2.24) is 27.3 Å². The zero-order valence-corrected chi connectivity index (χ0v) is 18.8. The Morgan fingerprint density at radius 3 is 2.97 bits per heavy atom. The van der Waals surface area contributed by atoms with Crippen LogP contribution in [0.5, 0.6) is 5.75 Å². The van der Waals surface area contributed by atoms with Crippen LogP contribution < -0.4 is 14.8 Å². The van der Waals surface area contributed by atoms with Crippen molar-refractivity contribution in [2.45, 2.75) is 11.5 Å². The Labute approximate surface area is 192 Å². The Kier molecular flexibility index (Phi) is 6.33. The summed E-state index contributed by atoms with van der Waals surface area (Å²) in [5.41, 5.74) is 1.56. The van der Waals surface area contributed by atoms with Gasteiger partial charge >= 0.3 is 6.61 Å². The second-order valence-electron chi connectivity index (χ2n) is 6.02. The molecular formula is C18H14F2IN7O2S. The summed E-state index contributed by atoms with van der Waals surface area (Å²) >= 11 is 3.21. The van der Waals surface area contributed by atoms with Crippen LogP contribution >= 0.6 is 34.8 Å². The summed E-state index contributed by atoms with van der Waals surface area (Å²) in [7, 11) is 1.74. The van der Waals surface area contributed by atoms with E-state index < -0.39 is 12.5 Å². The highest BCUT2D eigenvalue weighted by molar-refractivity contribution is 14.1. The van der Waals surface area contributed by atoms with Crippen molar-refractivity contribution in [3.8, 4) is 17.0 Å². The standard InChI is InChI=1S/C18H14F2IN7O2S/c1-22-31-10-3-4-14(30-18(19)20)11(7-10)15-13(9-28(21)26-15)25-17(29)12-8-24-27-6-2-5-23-16(12)27/h2-9,18,22H,1H3,(H,25,29). The second-order valence-corrected chi connectivity index (χ2v) is 8.10. The van der Waals surface area contributed by atoms with E-state index in [9.17, 15) is 13.6 Å². The maximum absolute atomic E-state index is 13.0. The number of benzene rings is 1. The number of hydrogen-bond donors (Lipinski definition) is 2. The Morgan fingerprint density at radius 1 is 1.35 bits per heavy atom. The van der Waals surface area contributed by atoms with Gasteiger partial charge in [-0.25, -0.2) is 12.4 Å². The minimum absolute atomic E-state index is 0.0568. The number of anilines is 1. The number of amides is 1. The fourth-order valence-electron chi connectivity index (χ4n) is 2.89. The number of alkyl halides is 2. The molecule has 9 nitrogen and oxygen atoms in total. The first-order chi connectivity index (χ1) is 15.0. The third-order valence-corrected chi connectivity index (χ3v) is 5.29. The van der Waals surface area contributed by atoms with Gasteiger partial charge in [-0.2, -0.15) is 19.0 Å². The molecule has 0 saturated heterocycles. The van der Waals surface area contributed by atoms with E-state index in [4.69, 9.17) is 0 Å². The van der Waals surface area contributed by atoms with E-state index in [1.807, 2.05) is 22.9 Å². The van der Waals surface area contributed by atoms with Gasteiger partial charge in [0.05, 0.1) is 40.9 Å². The zero-order valence-electron chi connectivity index (χ0n) is 15.8. The van der Waals surface area contributed by atoms with Gasteiger partial charge in [0.15, 0.2) is 5.65 Å². The normalized spacial score (nSPS) is 11.3. The van der Waals surface area contributed by atoms with Crippen LogP contribution in [0, 0.1) is 0 Å². The molecule has 2 N–H and O–H groups in total. The summed E-state index contributed by atoms with van der Waals surface area (Å²) in [4.78, 5) is 17.8. The first-order valence-electron chi connectivity index (χ1n) is 8.74. The van der Waals surface area contributed by atoms with Crippen LogP contribution in [0.4, 0.5) is 14.5 Å². The number of nitrogens with one attached hydrogen (secondary N) is 2. The molecule has 0 saturated carbocycles. The molecule has 0 spiro atoms. The average Bonchev–Trinajstić information content (AvgIpc) is 3.32. The molecule has 31 heavy (non-hydrogen) atoms. The molecule has 0 aliphatic rings. The molecule has 13 heteroatoms.